The SMILES string of the molecule is COc1ccccc1CNC(=O)[C@H]1Cc2ccccc2CN1S(=O)(=O)c1cc(C)ccc1C. The predicted molar refractivity (Wildman–Crippen MR) is 127 cm³/mol. The highest BCUT2D eigenvalue weighted by Gasteiger charge is 2.40. The average Bonchev–Trinajstić information content (AvgIpc) is 2.83. The maximum Gasteiger partial charge on any atom is 0.244 e. The topological polar surface area (TPSA) is 75.7 Å². The van der Waals surface area contributed by atoms with Gasteiger partial charge in [0.05, 0.1) is 12.0 Å². The summed E-state index contributed by atoms with van der Waals surface area (Å²) in [6.45, 7) is 4.04. The minimum Gasteiger partial charge on any atom is -0.496 e. The van der Waals surface area contributed by atoms with E-state index in [9.17, 15) is 13.2 Å². The zero-order valence-electron chi connectivity index (χ0n) is 19.0. The normalized spacial score (nSPS) is 16.2. The van der Waals surface area contributed by atoms with Crippen molar-refractivity contribution < 1.29 is 17.9 Å². The van der Waals surface area contributed by atoms with E-state index in [1.165, 1.54) is 4.31 Å². The fourth-order valence-electron chi connectivity index (χ4n) is 4.24. The Labute approximate surface area is 195 Å². The van der Waals surface area contributed by atoms with Crippen molar-refractivity contribution in [3.63, 3.8) is 0 Å². The summed E-state index contributed by atoms with van der Waals surface area (Å²) in [4.78, 5) is 13.6. The van der Waals surface area contributed by atoms with Gasteiger partial charge in [0.1, 0.15) is 11.8 Å². The summed E-state index contributed by atoms with van der Waals surface area (Å²) in [5, 5.41) is 2.93. The molecule has 33 heavy (non-hydrogen) atoms. The summed E-state index contributed by atoms with van der Waals surface area (Å²) in [6.07, 6.45) is 0.317. The highest BCUT2D eigenvalue weighted by molar-refractivity contribution is 7.89. The highest BCUT2D eigenvalue weighted by atomic mass is 32.2. The Balaban J connectivity index is 1.68. The van der Waals surface area contributed by atoms with E-state index < -0.39 is 16.1 Å². The van der Waals surface area contributed by atoms with Gasteiger partial charge in [-0.15, -0.1) is 0 Å². The molecule has 1 aliphatic rings. The van der Waals surface area contributed by atoms with Gasteiger partial charge in [0.2, 0.25) is 15.9 Å². The minimum atomic E-state index is -3.90. The zero-order chi connectivity index (χ0) is 23.6. The molecule has 0 bridgehead atoms. The van der Waals surface area contributed by atoms with E-state index >= 15 is 0 Å². The Morgan fingerprint density at radius 1 is 1.03 bits per heavy atom. The Morgan fingerprint density at radius 3 is 2.48 bits per heavy atom. The summed E-state index contributed by atoms with van der Waals surface area (Å²) in [6, 6.07) is 19.6. The van der Waals surface area contributed by atoms with E-state index in [1.54, 1.807) is 26.2 Å². The lowest BCUT2D eigenvalue weighted by atomic mass is 9.95. The second kappa shape index (κ2) is 9.37. The van der Waals surface area contributed by atoms with Gasteiger partial charge in [-0.3, -0.25) is 4.79 Å². The number of nitrogens with one attached hydrogen (secondary N) is 1. The zero-order valence-corrected chi connectivity index (χ0v) is 19.9. The number of nitrogens with zero attached hydrogens (tertiary/aromatic N) is 1. The Bertz CT molecular complexity index is 1290. The molecule has 4 rings (SSSR count). The lowest BCUT2D eigenvalue weighted by Gasteiger charge is -2.35. The fraction of sp³-hybridized carbons (Fsp3) is 0.269. The summed E-state index contributed by atoms with van der Waals surface area (Å²) in [5.41, 5.74) is 4.25. The van der Waals surface area contributed by atoms with Crippen molar-refractivity contribution in [2.24, 2.45) is 0 Å². The van der Waals surface area contributed by atoms with Crippen molar-refractivity contribution in [2.45, 2.75) is 44.3 Å². The highest BCUT2D eigenvalue weighted by Crippen LogP contribution is 2.31. The van der Waals surface area contributed by atoms with E-state index in [0.717, 1.165) is 22.3 Å². The quantitative estimate of drug-likeness (QED) is 0.603. The van der Waals surface area contributed by atoms with Crippen LogP contribution in [0.1, 0.15) is 27.8 Å². The average molecular weight is 465 g/mol. The largest absolute Gasteiger partial charge is 0.496 e. The maximum atomic E-state index is 13.8. The number of ether oxygens (including phenoxy) is 1. The van der Waals surface area contributed by atoms with Gasteiger partial charge in [-0.05, 0) is 54.7 Å². The third-order valence-corrected chi connectivity index (χ3v) is 8.08. The summed E-state index contributed by atoms with van der Waals surface area (Å²) in [5.74, 6) is 0.343. The smallest absolute Gasteiger partial charge is 0.244 e. The van der Waals surface area contributed by atoms with Gasteiger partial charge in [-0.1, -0.05) is 54.6 Å². The molecule has 7 heteroatoms. The molecule has 6 nitrogen and oxygen atoms in total. The molecule has 0 spiro atoms. The van der Waals surface area contributed by atoms with Gasteiger partial charge in [0, 0.05) is 18.7 Å². The molecule has 0 aromatic heterocycles. The number of aryl methyl sites for hydroxylation is 2. The summed E-state index contributed by atoms with van der Waals surface area (Å²) in [7, 11) is -2.32. The monoisotopic (exact) mass is 464 g/mol. The Kier molecular flexibility index (Phi) is 6.54. The van der Waals surface area contributed by atoms with Crippen LogP contribution in [-0.4, -0.2) is 31.8 Å². The first-order chi connectivity index (χ1) is 15.8. The molecule has 1 aliphatic heterocycles. The molecule has 1 N–H and O–H groups in total. The van der Waals surface area contributed by atoms with E-state index in [4.69, 9.17) is 4.74 Å². The van der Waals surface area contributed by atoms with Crippen molar-refractivity contribution in [1.29, 1.82) is 0 Å². The van der Waals surface area contributed by atoms with E-state index in [2.05, 4.69) is 5.32 Å². The van der Waals surface area contributed by atoms with Gasteiger partial charge in [0.15, 0.2) is 0 Å². The minimum absolute atomic E-state index is 0.151. The molecule has 1 heterocycles. The molecule has 172 valence electrons. The van der Waals surface area contributed by atoms with Gasteiger partial charge in [-0.25, -0.2) is 8.42 Å². The van der Waals surface area contributed by atoms with Crippen LogP contribution < -0.4 is 10.1 Å². The molecule has 0 radical (unpaired) electrons. The van der Waals surface area contributed by atoms with E-state index in [0.29, 0.717) is 17.7 Å². The number of rotatable bonds is 6. The molecular weight excluding hydrogens is 436 g/mol. The van der Waals surface area contributed by atoms with Crippen molar-refractivity contribution in [3.05, 3.63) is 94.5 Å². The Morgan fingerprint density at radius 2 is 1.73 bits per heavy atom. The standard InChI is InChI=1S/C26H28N2O4S/c1-18-12-13-19(2)25(14-18)33(30,31)28-17-22-10-5-4-8-20(22)15-23(28)26(29)27-16-21-9-6-7-11-24(21)32-3/h4-14,23H,15-17H2,1-3H3,(H,27,29)/t23-/m1/s1. The van der Waals surface area contributed by atoms with Gasteiger partial charge >= 0.3 is 0 Å². The number of carbonyl (C=O) groups is 1. The van der Waals surface area contributed by atoms with E-state index in [1.807, 2.05) is 61.5 Å². The number of hydrogen-bond acceptors (Lipinski definition) is 4. The molecule has 0 fully saturated rings. The second-order valence-electron chi connectivity index (χ2n) is 8.34. The molecule has 1 atom stereocenters. The summed E-state index contributed by atoms with van der Waals surface area (Å²) < 4.78 is 34.3. The molecular formula is C26H28N2O4S. The van der Waals surface area contributed by atoms with Crippen LogP contribution >= 0.6 is 0 Å². The number of amides is 1. The van der Waals surface area contributed by atoms with Crippen molar-refractivity contribution in [1.82, 2.24) is 9.62 Å². The lowest BCUT2D eigenvalue weighted by Crippen LogP contribution is -2.52. The number of para-hydroxylation sites is 1. The summed E-state index contributed by atoms with van der Waals surface area (Å²) >= 11 is 0. The van der Waals surface area contributed by atoms with Crippen LogP contribution in [0.4, 0.5) is 0 Å². The van der Waals surface area contributed by atoms with Crippen LogP contribution in [0, 0.1) is 13.8 Å². The fourth-order valence-corrected chi connectivity index (χ4v) is 6.11. The van der Waals surface area contributed by atoms with Crippen molar-refractivity contribution in [2.75, 3.05) is 7.11 Å². The first-order valence-electron chi connectivity index (χ1n) is 10.9. The van der Waals surface area contributed by atoms with Gasteiger partial charge < -0.3 is 10.1 Å². The van der Waals surface area contributed by atoms with Crippen molar-refractivity contribution >= 4 is 15.9 Å². The van der Waals surface area contributed by atoms with E-state index in [-0.39, 0.29) is 23.9 Å². The number of fused-ring (bicyclic) bond motifs is 1. The van der Waals surface area contributed by atoms with Gasteiger partial charge in [0.25, 0.3) is 0 Å². The van der Waals surface area contributed by atoms with Crippen LogP contribution in [0.2, 0.25) is 0 Å². The number of carbonyl (C=O) groups excluding carboxylic acids is 1. The molecule has 3 aromatic rings. The van der Waals surface area contributed by atoms with Crippen LogP contribution in [0.5, 0.6) is 5.75 Å². The number of hydrogen-bond donors (Lipinski definition) is 1. The molecule has 0 aliphatic carbocycles. The molecule has 0 unspecified atom stereocenters. The number of benzene rings is 3. The van der Waals surface area contributed by atoms with Crippen molar-refractivity contribution in [3.8, 4) is 5.75 Å². The third-order valence-electron chi connectivity index (χ3n) is 6.08. The van der Waals surface area contributed by atoms with Gasteiger partial charge in [-0.2, -0.15) is 4.31 Å². The number of methoxy groups -OCH3 is 1. The predicted octanol–water partition coefficient (Wildman–Crippen LogP) is 3.74. The molecule has 0 saturated heterocycles. The maximum absolute atomic E-state index is 13.8. The van der Waals surface area contributed by atoms with Crippen LogP contribution in [0.25, 0.3) is 0 Å². The van der Waals surface area contributed by atoms with Crippen LogP contribution in [-0.2, 0) is 34.3 Å². The van der Waals surface area contributed by atoms with Crippen LogP contribution in [0.3, 0.4) is 0 Å². The first kappa shape index (κ1) is 23.0. The lowest BCUT2D eigenvalue weighted by molar-refractivity contribution is -0.125. The molecule has 1 amide bonds. The number of sulfonamides is 1. The Hall–Kier alpha value is -3.16. The first-order valence-corrected chi connectivity index (χ1v) is 12.3. The third kappa shape index (κ3) is 4.65. The molecule has 3 aromatic carbocycles. The molecule has 0 saturated carbocycles. The van der Waals surface area contributed by atoms with Crippen LogP contribution in [0.15, 0.2) is 71.6 Å². The second-order valence-corrected chi connectivity index (χ2v) is 10.2.